The molecule has 0 heterocycles. The monoisotopic (exact) mass is 350 g/mol. The van der Waals surface area contributed by atoms with E-state index >= 15 is 0 Å². The van der Waals surface area contributed by atoms with Crippen molar-refractivity contribution in [1.82, 2.24) is 0 Å². The summed E-state index contributed by atoms with van der Waals surface area (Å²) in [5, 5.41) is 18.0. The molecule has 2 aromatic rings. The molecule has 0 aliphatic heterocycles. The number of benzene rings is 2. The summed E-state index contributed by atoms with van der Waals surface area (Å²) in [5.74, 6) is -1.32. The van der Waals surface area contributed by atoms with E-state index in [9.17, 15) is 9.59 Å². The van der Waals surface area contributed by atoms with Crippen LogP contribution < -0.4 is 9.47 Å². The van der Waals surface area contributed by atoms with Crippen LogP contribution in [0.25, 0.3) is 0 Å². The van der Waals surface area contributed by atoms with Crippen molar-refractivity contribution in [3.8, 4) is 11.5 Å². The van der Waals surface area contributed by atoms with Crippen LogP contribution in [-0.4, -0.2) is 35.4 Å². The molecule has 0 radical (unpaired) electrons. The van der Waals surface area contributed by atoms with Gasteiger partial charge in [-0.05, 0) is 29.8 Å². The molecule has 0 aromatic heterocycles. The molecule has 126 valence electrons. The Morgan fingerprint density at radius 1 is 0.875 bits per heavy atom. The molecule has 0 aliphatic rings. The average Bonchev–Trinajstić information content (AvgIpc) is 2.53. The van der Waals surface area contributed by atoms with Crippen molar-refractivity contribution in [3.63, 3.8) is 0 Å². The van der Waals surface area contributed by atoms with Gasteiger partial charge in [0.25, 0.3) is 0 Å². The van der Waals surface area contributed by atoms with Crippen LogP contribution in [0, 0.1) is 0 Å². The molecule has 0 saturated heterocycles. The third-order valence-electron chi connectivity index (χ3n) is 3.08. The second kappa shape index (κ2) is 8.21. The third kappa shape index (κ3) is 5.17. The van der Waals surface area contributed by atoms with Crippen LogP contribution in [0.4, 0.5) is 0 Å². The van der Waals surface area contributed by atoms with E-state index in [1.165, 1.54) is 0 Å². The Morgan fingerprint density at radius 2 is 1.46 bits per heavy atom. The number of aliphatic carboxylic acids is 2. The molecule has 0 bridgehead atoms. The summed E-state index contributed by atoms with van der Waals surface area (Å²) < 4.78 is 10.5. The quantitative estimate of drug-likeness (QED) is 0.760. The highest BCUT2D eigenvalue weighted by Gasteiger charge is 2.12. The lowest BCUT2D eigenvalue weighted by Gasteiger charge is -2.13. The topological polar surface area (TPSA) is 93.1 Å². The van der Waals surface area contributed by atoms with E-state index in [-0.39, 0.29) is 0 Å². The molecule has 0 aliphatic carbocycles. The van der Waals surface area contributed by atoms with Crippen molar-refractivity contribution >= 4 is 23.5 Å². The van der Waals surface area contributed by atoms with Crippen molar-refractivity contribution in [3.05, 3.63) is 58.6 Å². The van der Waals surface area contributed by atoms with E-state index in [0.717, 1.165) is 5.56 Å². The lowest BCUT2D eigenvalue weighted by atomic mass is 10.0. The van der Waals surface area contributed by atoms with E-state index in [2.05, 4.69) is 0 Å². The number of para-hydroxylation sites is 1. The van der Waals surface area contributed by atoms with E-state index in [4.69, 9.17) is 31.3 Å². The number of hydrogen-bond donors (Lipinski definition) is 2. The predicted octanol–water partition coefficient (Wildman–Crippen LogP) is 2.86. The highest BCUT2D eigenvalue weighted by Crippen LogP contribution is 2.29. The number of carbonyl (C=O) groups is 2. The number of carboxylic acid groups (broad SMARTS) is 2. The van der Waals surface area contributed by atoms with Crippen molar-refractivity contribution in [2.24, 2.45) is 0 Å². The number of rotatable bonds is 8. The molecular weight excluding hydrogens is 336 g/mol. The Bertz CT molecular complexity index is 744. The summed E-state index contributed by atoms with van der Waals surface area (Å²) in [6.07, 6.45) is 0.352. The highest BCUT2D eigenvalue weighted by atomic mass is 35.5. The van der Waals surface area contributed by atoms with Crippen LogP contribution in [0.5, 0.6) is 11.5 Å². The molecule has 0 atom stereocenters. The molecule has 7 heteroatoms. The zero-order valence-corrected chi connectivity index (χ0v) is 13.3. The Kier molecular flexibility index (Phi) is 6.03. The number of hydrogen-bond acceptors (Lipinski definition) is 4. The first-order valence-electron chi connectivity index (χ1n) is 7.01. The van der Waals surface area contributed by atoms with Gasteiger partial charge < -0.3 is 19.7 Å². The highest BCUT2D eigenvalue weighted by molar-refractivity contribution is 6.30. The van der Waals surface area contributed by atoms with Crippen LogP contribution in [-0.2, 0) is 16.0 Å². The van der Waals surface area contributed by atoms with Gasteiger partial charge in [-0.2, -0.15) is 0 Å². The Hall–Kier alpha value is -2.73. The second-order valence-corrected chi connectivity index (χ2v) is 5.34. The van der Waals surface area contributed by atoms with Crippen LogP contribution in [0.1, 0.15) is 11.1 Å². The van der Waals surface area contributed by atoms with Crippen LogP contribution in [0.3, 0.4) is 0 Å². The minimum absolute atomic E-state index is 0.352. The summed E-state index contributed by atoms with van der Waals surface area (Å²) in [5.41, 5.74) is 1.41. The normalized spacial score (nSPS) is 10.2. The van der Waals surface area contributed by atoms with Gasteiger partial charge in [-0.25, -0.2) is 9.59 Å². The largest absolute Gasteiger partial charge is 0.482 e. The Balaban J connectivity index is 2.25. The standard InChI is InChI=1S/C17H15ClO6/c18-13-5-6-15(24-10-17(21)22)12(8-13)7-11-3-1-2-4-14(11)23-9-16(19)20/h1-6,8H,7,9-10H2,(H,19,20)(H,21,22). The molecular formula is C17H15ClO6. The van der Waals surface area contributed by atoms with Crippen molar-refractivity contribution in [1.29, 1.82) is 0 Å². The number of carboxylic acids is 2. The van der Waals surface area contributed by atoms with Crippen molar-refractivity contribution in [2.75, 3.05) is 13.2 Å². The number of halogens is 1. The van der Waals surface area contributed by atoms with E-state index < -0.39 is 25.2 Å². The zero-order chi connectivity index (χ0) is 17.5. The molecule has 2 rings (SSSR count). The number of ether oxygens (including phenoxy) is 2. The van der Waals surface area contributed by atoms with Gasteiger partial charge in [0.15, 0.2) is 13.2 Å². The maximum Gasteiger partial charge on any atom is 0.341 e. The first kappa shape index (κ1) is 17.6. The van der Waals surface area contributed by atoms with Gasteiger partial charge in [0, 0.05) is 17.0 Å². The summed E-state index contributed by atoms with van der Waals surface area (Å²) >= 11 is 6.01. The molecule has 24 heavy (non-hydrogen) atoms. The molecule has 2 N–H and O–H groups in total. The van der Waals surface area contributed by atoms with Gasteiger partial charge in [-0.1, -0.05) is 29.8 Å². The molecule has 2 aromatic carbocycles. The van der Waals surface area contributed by atoms with Crippen LogP contribution in [0.2, 0.25) is 5.02 Å². The summed E-state index contributed by atoms with van der Waals surface area (Å²) in [6.45, 7) is -0.916. The molecule has 0 fully saturated rings. The molecule has 6 nitrogen and oxygen atoms in total. The lowest BCUT2D eigenvalue weighted by molar-refractivity contribution is -0.140. The minimum Gasteiger partial charge on any atom is -0.482 e. The van der Waals surface area contributed by atoms with Crippen LogP contribution in [0.15, 0.2) is 42.5 Å². The summed E-state index contributed by atoms with van der Waals surface area (Å²) in [4.78, 5) is 21.4. The van der Waals surface area contributed by atoms with Gasteiger partial charge in [-0.15, -0.1) is 0 Å². The first-order chi connectivity index (χ1) is 11.5. The molecule has 0 unspecified atom stereocenters. The second-order valence-electron chi connectivity index (χ2n) is 4.90. The van der Waals surface area contributed by atoms with E-state index in [1.807, 2.05) is 0 Å². The van der Waals surface area contributed by atoms with Gasteiger partial charge in [0.05, 0.1) is 0 Å². The van der Waals surface area contributed by atoms with Crippen LogP contribution >= 0.6 is 11.6 Å². The Morgan fingerprint density at radius 3 is 2.08 bits per heavy atom. The van der Waals surface area contributed by atoms with Crippen molar-refractivity contribution in [2.45, 2.75) is 6.42 Å². The Labute approximate surface area is 143 Å². The third-order valence-corrected chi connectivity index (χ3v) is 3.31. The summed E-state index contributed by atoms with van der Waals surface area (Å²) in [6, 6.07) is 11.9. The molecule has 0 spiro atoms. The van der Waals surface area contributed by atoms with E-state index in [1.54, 1.807) is 42.5 Å². The van der Waals surface area contributed by atoms with Gasteiger partial charge in [-0.3, -0.25) is 0 Å². The smallest absolute Gasteiger partial charge is 0.341 e. The average molecular weight is 351 g/mol. The minimum atomic E-state index is -1.08. The molecule has 0 amide bonds. The summed E-state index contributed by atoms with van der Waals surface area (Å²) in [7, 11) is 0. The van der Waals surface area contributed by atoms with Gasteiger partial charge >= 0.3 is 11.9 Å². The van der Waals surface area contributed by atoms with Crippen molar-refractivity contribution < 1.29 is 29.3 Å². The fourth-order valence-corrected chi connectivity index (χ4v) is 2.30. The predicted molar refractivity (Wildman–Crippen MR) is 87.0 cm³/mol. The SMILES string of the molecule is O=C(O)COc1ccccc1Cc1cc(Cl)ccc1OCC(=O)O. The maximum absolute atomic E-state index is 10.7. The van der Waals surface area contributed by atoms with Gasteiger partial charge in [0.1, 0.15) is 11.5 Å². The van der Waals surface area contributed by atoms with Gasteiger partial charge in [0.2, 0.25) is 0 Å². The fraction of sp³-hybridized carbons (Fsp3) is 0.176. The maximum atomic E-state index is 10.7. The molecule has 0 saturated carbocycles. The van der Waals surface area contributed by atoms with E-state index in [0.29, 0.717) is 28.5 Å². The zero-order valence-electron chi connectivity index (χ0n) is 12.6. The fourth-order valence-electron chi connectivity index (χ4n) is 2.10. The lowest BCUT2D eigenvalue weighted by Crippen LogP contribution is -2.12. The first-order valence-corrected chi connectivity index (χ1v) is 7.39.